The first-order valence-electron chi connectivity index (χ1n) is 7.88. The molecule has 122 valence electrons. The Bertz CT molecular complexity index is 788. The second-order valence-electron chi connectivity index (χ2n) is 5.43. The Morgan fingerprint density at radius 3 is 2.54 bits per heavy atom. The number of nitrogens with zero attached hydrogens (tertiary/aromatic N) is 3. The lowest BCUT2D eigenvalue weighted by atomic mass is 10.1. The van der Waals surface area contributed by atoms with Gasteiger partial charge >= 0.3 is 0 Å². The summed E-state index contributed by atoms with van der Waals surface area (Å²) in [5.41, 5.74) is 2.93. The van der Waals surface area contributed by atoms with E-state index in [0.29, 0.717) is 0 Å². The van der Waals surface area contributed by atoms with Gasteiger partial charge in [0.15, 0.2) is 0 Å². The maximum absolute atomic E-state index is 5.17. The zero-order chi connectivity index (χ0) is 16.8. The van der Waals surface area contributed by atoms with Crippen LogP contribution in [0.4, 0.5) is 5.82 Å². The summed E-state index contributed by atoms with van der Waals surface area (Å²) in [6.07, 6.45) is 2.68. The van der Waals surface area contributed by atoms with Crippen molar-refractivity contribution in [1.29, 1.82) is 0 Å². The zero-order valence-corrected chi connectivity index (χ0v) is 13.9. The van der Waals surface area contributed by atoms with Gasteiger partial charge in [0, 0.05) is 18.8 Å². The summed E-state index contributed by atoms with van der Waals surface area (Å²) in [4.78, 5) is 13.3. The molecule has 0 saturated heterocycles. The summed E-state index contributed by atoms with van der Waals surface area (Å²) in [6.45, 7) is 2.69. The molecule has 0 unspecified atom stereocenters. The van der Waals surface area contributed by atoms with E-state index in [1.54, 1.807) is 13.3 Å². The molecule has 0 atom stereocenters. The van der Waals surface area contributed by atoms with Crippen LogP contribution in [-0.4, -0.2) is 28.6 Å². The van der Waals surface area contributed by atoms with Crippen LogP contribution in [0.15, 0.2) is 54.7 Å². The molecular weight excluding hydrogens is 300 g/mol. The van der Waals surface area contributed by atoms with Gasteiger partial charge in [0.2, 0.25) is 0 Å². The fourth-order valence-electron chi connectivity index (χ4n) is 2.43. The lowest BCUT2D eigenvalue weighted by molar-refractivity contribution is 0.414. The summed E-state index contributed by atoms with van der Waals surface area (Å²) >= 11 is 0. The predicted octanol–water partition coefficient (Wildman–Crippen LogP) is 3.51. The Hall–Kier alpha value is -2.95. The standard InChI is InChI=1S/C19H20N4O/c1-14-22-18(17-5-3-4-11-20-17)13-19(23-14)21-12-10-15-6-8-16(24-2)9-7-15/h3-9,11,13H,10,12H2,1-2H3,(H,21,22,23). The first-order chi connectivity index (χ1) is 11.7. The van der Waals surface area contributed by atoms with Crippen molar-refractivity contribution in [3.63, 3.8) is 0 Å². The molecule has 5 nitrogen and oxygen atoms in total. The Balaban J connectivity index is 1.65. The van der Waals surface area contributed by atoms with Gasteiger partial charge in [-0.3, -0.25) is 4.98 Å². The SMILES string of the molecule is COc1ccc(CCNc2cc(-c3ccccn3)nc(C)n2)cc1. The Labute approximate surface area is 141 Å². The second-order valence-corrected chi connectivity index (χ2v) is 5.43. The number of ether oxygens (including phenoxy) is 1. The molecule has 0 aliphatic heterocycles. The van der Waals surface area contributed by atoms with Gasteiger partial charge in [-0.05, 0) is 43.2 Å². The van der Waals surface area contributed by atoms with Crippen LogP contribution in [-0.2, 0) is 6.42 Å². The van der Waals surface area contributed by atoms with Crippen LogP contribution in [0.25, 0.3) is 11.4 Å². The summed E-state index contributed by atoms with van der Waals surface area (Å²) in [7, 11) is 1.67. The summed E-state index contributed by atoms with van der Waals surface area (Å²) in [5.74, 6) is 2.42. The predicted molar refractivity (Wildman–Crippen MR) is 95.2 cm³/mol. The number of methoxy groups -OCH3 is 1. The third-order valence-electron chi connectivity index (χ3n) is 3.64. The van der Waals surface area contributed by atoms with E-state index in [9.17, 15) is 0 Å². The van der Waals surface area contributed by atoms with E-state index in [1.165, 1.54) is 5.56 Å². The number of aromatic nitrogens is 3. The summed E-state index contributed by atoms with van der Waals surface area (Å²) in [5, 5.41) is 3.36. The minimum atomic E-state index is 0.727. The van der Waals surface area contributed by atoms with Gasteiger partial charge in [0.1, 0.15) is 17.4 Å². The number of nitrogens with one attached hydrogen (secondary N) is 1. The Kier molecular flexibility index (Phi) is 5.01. The van der Waals surface area contributed by atoms with E-state index in [1.807, 2.05) is 43.3 Å². The molecule has 2 heterocycles. The molecule has 1 N–H and O–H groups in total. The van der Waals surface area contributed by atoms with Gasteiger partial charge in [-0.15, -0.1) is 0 Å². The number of aryl methyl sites for hydroxylation is 1. The van der Waals surface area contributed by atoms with Crippen LogP contribution >= 0.6 is 0 Å². The number of pyridine rings is 1. The van der Waals surface area contributed by atoms with Crippen LogP contribution in [0.1, 0.15) is 11.4 Å². The first-order valence-corrected chi connectivity index (χ1v) is 7.88. The van der Waals surface area contributed by atoms with Crippen LogP contribution in [0, 0.1) is 6.92 Å². The average molecular weight is 320 g/mol. The highest BCUT2D eigenvalue weighted by atomic mass is 16.5. The molecule has 24 heavy (non-hydrogen) atoms. The van der Waals surface area contributed by atoms with Crippen molar-refractivity contribution >= 4 is 5.82 Å². The van der Waals surface area contributed by atoms with Gasteiger partial charge in [0.25, 0.3) is 0 Å². The molecule has 3 rings (SSSR count). The number of rotatable bonds is 6. The van der Waals surface area contributed by atoms with Crippen molar-refractivity contribution < 1.29 is 4.74 Å². The number of hydrogen-bond donors (Lipinski definition) is 1. The van der Waals surface area contributed by atoms with Crippen molar-refractivity contribution in [3.05, 3.63) is 66.1 Å². The normalized spacial score (nSPS) is 10.4. The molecule has 0 aliphatic rings. The van der Waals surface area contributed by atoms with E-state index < -0.39 is 0 Å². The quantitative estimate of drug-likeness (QED) is 0.753. The van der Waals surface area contributed by atoms with Gasteiger partial charge in [-0.1, -0.05) is 18.2 Å². The third-order valence-corrected chi connectivity index (χ3v) is 3.64. The maximum atomic E-state index is 5.17. The van der Waals surface area contributed by atoms with E-state index in [2.05, 4.69) is 32.4 Å². The maximum Gasteiger partial charge on any atom is 0.130 e. The zero-order valence-electron chi connectivity index (χ0n) is 13.9. The molecule has 1 aromatic carbocycles. The van der Waals surface area contributed by atoms with Crippen LogP contribution in [0.2, 0.25) is 0 Å². The van der Waals surface area contributed by atoms with Crippen LogP contribution in [0.3, 0.4) is 0 Å². The van der Waals surface area contributed by atoms with Crippen LogP contribution < -0.4 is 10.1 Å². The van der Waals surface area contributed by atoms with Gasteiger partial charge in [-0.25, -0.2) is 9.97 Å². The van der Waals surface area contributed by atoms with E-state index in [4.69, 9.17) is 4.74 Å². The summed E-state index contributed by atoms with van der Waals surface area (Å²) < 4.78 is 5.17. The number of benzene rings is 1. The first kappa shape index (κ1) is 15.9. The molecule has 0 bridgehead atoms. The molecule has 0 radical (unpaired) electrons. The summed E-state index contributed by atoms with van der Waals surface area (Å²) in [6, 6.07) is 15.8. The van der Waals surface area contributed by atoms with Crippen LogP contribution in [0.5, 0.6) is 5.75 Å². The smallest absolute Gasteiger partial charge is 0.130 e. The topological polar surface area (TPSA) is 59.9 Å². The molecular formula is C19H20N4O. The van der Waals surface area contributed by atoms with Crippen molar-refractivity contribution in [2.45, 2.75) is 13.3 Å². The molecule has 0 aliphatic carbocycles. The van der Waals surface area contributed by atoms with Crippen molar-refractivity contribution in [2.75, 3.05) is 19.0 Å². The molecule has 3 aromatic rings. The van der Waals surface area contributed by atoms with E-state index in [-0.39, 0.29) is 0 Å². The average Bonchev–Trinajstić information content (AvgIpc) is 2.63. The highest BCUT2D eigenvalue weighted by Crippen LogP contribution is 2.17. The number of hydrogen-bond acceptors (Lipinski definition) is 5. The molecule has 0 saturated carbocycles. The molecule has 0 fully saturated rings. The molecule has 5 heteroatoms. The molecule has 2 aromatic heterocycles. The van der Waals surface area contributed by atoms with E-state index >= 15 is 0 Å². The van der Waals surface area contributed by atoms with Crippen molar-refractivity contribution in [1.82, 2.24) is 15.0 Å². The highest BCUT2D eigenvalue weighted by molar-refractivity contribution is 5.58. The van der Waals surface area contributed by atoms with E-state index in [0.717, 1.165) is 41.7 Å². The minimum Gasteiger partial charge on any atom is -0.497 e. The highest BCUT2D eigenvalue weighted by Gasteiger charge is 2.05. The number of anilines is 1. The van der Waals surface area contributed by atoms with Gasteiger partial charge in [0.05, 0.1) is 18.5 Å². The van der Waals surface area contributed by atoms with Crippen molar-refractivity contribution in [2.24, 2.45) is 0 Å². The monoisotopic (exact) mass is 320 g/mol. The van der Waals surface area contributed by atoms with Crippen molar-refractivity contribution in [3.8, 4) is 17.1 Å². The second kappa shape index (κ2) is 7.55. The fourth-order valence-corrected chi connectivity index (χ4v) is 2.43. The van der Waals surface area contributed by atoms with Gasteiger partial charge in [-0.2, -0.15) is 0 Å². The lowest BCUT2D eigenvalue weighted by Gasteiger charge is -2.09. The van der Waals surface area contributed by atoms with Gasteiger partial charge < -0.3 is 10.1 Å². The molecule has 0 amide bonds. The Morgan fingerprint density at radius 1 is 1.00 bits per heavy atom. The minimum absolute atomic E-state index is 0.727. The lowest BCUT2D eigenvalue weighted by Crippen LogP contribution is -2.08. The Morgan fingerprint density at radius 2 is 1.83 bits per heavy atom. The molecule has 0 spiro atoms. The fraction of sp³-hybridized carbons (Fsp3) is 0.211. The third kappa shape index (κ3) is 4.07. The largest absolute Gasteiger partial charge is 0.497 e.